The maximum Gasteiger partial charge on any atom is 0.257 e. The topological polar surface area (TPSA) is 71.0 Å². The third-order valence-electron chi connectivity index (χ3n) is 7.67. The van der Waals surface area contributed by atoms with Crippen LogP contribution >= 0.6 is 0 Å². The van der Waals surface area contributed by atoms with E-state index in [0.29, 0.717) is 17.5 Å². The van der Waals surface area contributed by atoms with Crippen LogP contribution in [-0.2, 0) is 22.6 Å². The minimum Gasteiger partial charge on any atom is -0.392 e. The van der Waals surface area contributed by atoms with Crippen molar-refractivity contribution in [3.05, 3.63) is 105 Å². The number of ether oxygens (including phenoxy) is 2. The number of hydrogen-bond donors (Lipinski definition) is 2. The van der Waals surface area contributed by atoms with Gasteiger partial charge in [0.2, 0.25) is 5.82 Å². The number of nitrogens with one attached hydrogen (secondary N) is 1. The highest BCUT2D eigenvalue weighted by atomic mass is 19.2. The number of piperidine rings is 1. The van der Waals surface area contributed by atoms with Crippen LogP contribution in [0.1, 0.15) is 70.7 Å². The number of carbonyl (C=O) groups is 1. The molecule has 0 aliphatic carbocycles. The molecule has 0 saturated carbocycles. The van der Waals surface area contributed by atoms with Gasteiger partial charge < -0.3 is 24.8 Å². The van der Waals surface area contributed by atoms with Crippen LogP contribution in [0.5, 0.6) is 0 Å². The Morgan fingerprint density at radius 2 is 1.36 bits per heavy atom. The minimum atomic E-state index is -2.33. The van der Waals surface area contributed by atoms with Crippen molar-refractivity contribution in [2.45, 2.75) is 57.3 Å². The van der Waals surface area contributed by atoms with Crippen molar-refractivity contribution in [1.29, 1.82) is 0 Å². The van der Waals surface area contributed by atoms with Gasteiger partial charge in [-0.25, -0.2) is 22.0 Å². The number of carbonyl (C=O) groups excluding carboxylic acids is 1. The number of nitrogens with zero attached hydrogens (tertiary/aromatic N) is 1. The molecule has 3 aromatic rings. The highest BCUT2D eigenvalue weighted by molar-refractivity contribution is 5.94. The zero-order chi connectivity index (χ0) is 29.8. The van der Waals surface area contributed by atoms with E-state index in [2.05, 4.69) is 10.2 Å². The lowest BCUT2D eigenvalue weighted by atomic mass is 9.99. The molecule has 3 unspecified atom stereocenters. The Morgan fingerprint density at radius 1 is 0.786 bits per heavy atom. The molecular formula is C31H31F5N2O4. The van der Waals surface area contributed by atoms with Gasteiger partial charge in [0.1, 0.15) is 5.56 Å². The Hall–Kier alpha value is -3.38. The van der Waals surface area contributed by atoms with E-state index in [1.165, 1.54) is 6.42 Å². The Morgan fingerprint density at radius 3 is 1.98 bits per heavy atom. The first-order valence-electron chi connectivity index (χ1n) is 13.9. The molecule has 5 rings (SSSR count). The predicted molar refractivity (Wildman–Crippen MR) is 143 cm³/mol. The zero-order valence-electron chi connectivity index (χ0n) is 22.7. The van der Waals surface area contributed by atoms with Crippen molar-refractivity contribution in [3.63, 3.8) is 0 Å². The largest absolute Gasteiger partial charge is 0.392 e. The van der Waals surface area contributed by atoms with Crippen LogP contribution in [-0.4, -0.2) is 41.7 Å². The van der Waals surface area contributed by atoms with Gasteiger partial charge in [0, 0.05) is 25.1 Å². The molecule has 0 aromatic heterocycles. The average molecular weight is 591 g/mol. The summed E-state index contributed by atoms with van der Waals surface area (Å²) in [6.07, 6.45) is 3.17. The summed E-state index contributed by atoms with van der Waals surface area (Å²) in [4.78, 5) is 14.7. The first-order valence-corrected chi connectivity index (χ1v) is 13.9. The molecule has 2 fully saturated rings. The molecule has 0 spiro atoms. The number of rotatable bonds is 8. The second kappa shape index (κ2) is 13.3. The van der Waals surface area contributed by atoms with Gasteiger partial charge in [-0.05, 0) is 42.6 Å². The van der Waals surface area contributed by atoms with Crippen molar-refractivity contribution in [1.82, 2.24) is 10.2 Å². The van der Waals surface area contributed by atoms with Gasteiger partial charge in [-0.3, -0.25) is 4.79 Å². The molecule has 6 nitrogen and oxygen atoms in total. The zero-order valence-corrected chi connectivity index (χ0v) is 22.7. The van der Waals surface area contributed by atoms with E-state index in [0.717, 1.165) is 43.6 Å². The first-order chi connectivity index (χ1) is 20.2. The summed E-state index contributed by atoms with van der Waals surface area (Å²) in [5.41, 5.74) is 1.47. The molecular weight excluding hydrogens is 559 g/mol. The Labute approximate surface area is 240 Å². The van der Waals surface area contributed by atoms with E-state index in [9.17, 15) is 31.9 Å². The van der Waals surface area contributed by atoms with Crippen molar-refractivity contribution >= 4 is 5.91 Å². The SMILES string of the molecule is O=C(NCc1ccc(C2OC(CN3CCCCC3)CC(c3ccc(CO)cc3)O2)cc1)c1c(F)c(F)c(F)c(F)c1F. The molecule has 0 radical (unpaired) electrons. The Balaban J connectivity index is 1.28. The molecule has 11 heteroatoms. The fourth-order valence-electron chi connectivity index (χ4n) is 5.33. The molecule has 2 N–H and O–H groups in total. The molecule has 2 heterocycles. The number of halogens is 5. The second-order valence-corrected chi connectivity index (χ2v) is 10.6. The van der Waals surface area contributed by atoms with Gasteiger partial charge in [0.05, 0.1) is 18.8 Å². The first kappa shape index (κ1) is 30.1. The third kappa shape index (κ3) is 6.64. The number of benzene rings is 3. The number of aliphatic hydroxyl groups is 1. The molecule has 224 valence electrons. The van der Waals surface area contributed by atoms with E-state index in [4.69, 9.17) is 9.47 Å². The van der Waals surface area contributed by atoms with Crippen molar-refractivity contribution in [2.24, 2.45) is 0 Å². The van der Waals surface area contributed by atoms with Gasteiger partial charge >= 0.3 is 0 Å². The summed E-state index contributed by atoms with van der Waals surface area (Å²) in [5, 5.41) is 11.6. The molecule has 3 aromatic carbocycles. The van der Waals surface area contributed by atoms with E-state index in [-0.39, 0.29) is 25.4 Å². The summed E-state index contributed by atoms with van der Waals surface area (Å²) in [6.45, 7) is 2.54. The molecule has 1 amide bonds. The molecule has 42 heavy (non-hydrogen) atoms. The summed E-state index contributed by atoms with van der Waals surface area (Å²) >= 11 is 0. The summed E-state index contributed by atoms with van der Waals surface area (Å²) < 4.78 is 81.0. The number of aliphatic hydroxyl groups excluding tert-OH is 1. The van der Waals surface area contributed by atoms with Crippen molar-refractivity contribution < 1.29 is 41.3 Å². The molecule has 0 bridgehead atoms. The maximum atomic E-state index is 14.0. The summed E-state index contributed by atoms with van der Waals surface area (Å²) in [6, 6.07) is 14.4. The lowest BCUT2D eigenvalue weighted by Crippen LogP contribution is -2.41. The van der Waals surface area contributed by atoms with Crippen molar-refractivity contribution in [2.75, 3.05) is 19.6 Å². The second-order valence-electron chi connectivity index (χ2n) is 10.6. The minimum absolute atomic E-state index is 0.0521. The Kier molecular flexibility index (Phi) is 9.52. The smallest absolute Gasteiger partial charge is 0.257 e. The van der Waals surface area contributed by atoms with Crippen LogP contribution in [0.4, 0.5) is 22.0 Å². The van der Waals surface area contributed by atoms with Gasteiger partial charge in [-0.1, -0.05) is 55.0 Å². The highest BCUT2D eigenvalue weighted by Gasteiger charge is 2.34. The quantitative estimate of drug-likeness (QED) is 0.196. The third-order valence-corrected chi connectivity index (χ3v) is 7.67. The van der Waals surface area contributed by atoms with Gasteiger partial charge in [0.25, 0.3) is 5.91 Å². The van der Waals surface area contributed by atoms with Gasteiger partial charge in [0.15, 0.2) is 29.6 Å². The van der Waals surface area contributed by atoms with Crippen LogP contribution in [0, 0.1) is 29.1 Å². The number of amides is 1. The van der Waals surface area contributed by atoms with Crippen molar-refractivity contribution in [3.8, 4) is 0 Å². The maximum absolute atomic E-state index is 14.0. The van der Waals surface area contributed by atoms with E-state index >= 15 is 0 Å². The lowest BCUT2D eigenvalue weighted by Gasteiger charge is -2.39. The predicted octanol–water partition coefficient (Wildman–Crippen LogP) is 5.84. The van der Waals surface area contributed by atoms with Crippen LogP contribution in [0.25, 0.3) is 0 Å². The fourth-order valence-corrected chi connectivity index (χ4v) is 5.33. The monoisotopic (exact) mass is 590 g/mol. The lowest BCUT2D eigenvalue weighted by molar-refractivity contribution is -0.253. The molecule has 3 atom stereocenters. The standard InChI is InChI=1S/C31H31F5N2O4/c32-25-24(26(33)28(35)29(36)27(25)34)30(40)37-15-18-4-10-21(11-5-18)31-41-22(16-38-12-2-1-3-13-38)14-23(42-31)20-8-6-19(17-39)7-9-20/h4-11,22-23,31,39H,1-3,12-17H2,(H,37,40). The van der Waals surface area contributed by atoms with Crippen LogP contribution in [0.2, 0.25) is 0 Å². The van der Waals surface area contributed by atoms with E-state index in [1.807, 2.05) is 24.3 Å². The van der Waals surface area contributed by atoms with Gasteiger partial charge in [-0.15, -0.1) is 0 Å². The van der Waals surface area contributed by atoms with Crippen LogP contribution < -0.4 is 5.32 Å². The van der Waals surface area contributed by atoms with E-state index < -0.39 is 46.8 Å². The molecule has 2 saturated heterocycles. The fraction of sp³-hybridized carbons (Fsp3) is 0.387. The summed E-state index contributed by atoms with van der Waals surface area (Å²) in [7, 11) is 0. The Bertz CT molecular complexity index is 1370. The van der Waals surface area contributed by atoms with Gasteiger partial charge in [-0.2, -0.15) is 0 Å². The number of hydrogen-bond acceptors (Lipinski definition) is 5. The summed E-state index contributed by atoms with van der Waals surface area (Å²) in [5.74, 6) is -12.5. The average Bonchev–Trinajstić information content (AvgIpc) is 3.02. The van der Waals surface area contributed by atoms with Crippen LogP contribution in [0.15, 0.2) is 48.5 Å². The molecule has 2 aliphatic heterocycles. The van der Waals surface area contributed by atoms with E-state index in [1.54, 1.807) is 24.3 Å². The molecule has 2 aliphatic rings. The van der Waals surface area contributed by atoms with Crippen LogP contribution in [0.3, 0.4) is 0 Å². The highest BCUT2D eigenvalue weighted by Crippen LogP contribution is 2.38. The number of likely N-dealkylation sites (tertiary alicyclic amines) is 1. The normalized spacial score (nSPS) is 21.3.